The molecule has 22 heavy (non-hydrogen) atoms. The number of carbonyl (C=O) groups is 1. The van der Waals surface area contributed by atoms with Gasteiger partial charge in [-0.05, 0) is 25.8 Å². The Morgan fingerprint density at radius 2 is 2.36 bits per heavy atom. The number of amides is 1. The Morgan fingerprint density at radius 1 is 1.55 bits per heavy atom. The summed E-state index contributed by atoms with van der Waals surface area (Å²) in [5.74, 6) is 0.0984. The van der Waals surface area contributed by atoms with Gasteiger partial charge in [0, 0.05) is 51.4 Å². The smallest absolute Gasteiger partial charge is 0.251 e. The van der Waals surface area contributed by atoms with E-state index in [4.69, 9.17) is 4.74 Å². The van der Waals surface area contributed by atoms with Gasteiger partial charge >= 0.3 is 0 Å². The zero-order chi connectivity index (χ0) is 15.7. The molecule has 1 aromatic rings. The fourth-order valence-electron chi connectivity index (χ4n) is 3.78. The maximum atomic E-state index is 12.1. The van der Waals surface area contributed by atoms with E-state index in [1.807, 2.05) is 17.9 Å². The summed E-state index contributed by atoms with van der Waals surface area (Å²) in [7, 11) is 5.54. The summed E-state index contributed by atoms with van der Waals surface area (Å²) in [4.78, 5) is 16.2. The first-order valence-electron chi connectivity index (χ1n) is 8.00. The normalized spacial score (nSPS) is 29.1. The number of nitrogens with zero attached hydrogens (tertiary/aromatic N) is 4. The highest BCUT2D eigenvalue weighted by Crippen LogP contribution is 2.41. The van der Waals surface area contributed by atoms with E-state index >= 15 is 0 Å². The molecule has 0 aliphatic carbocycles. The van der Waals surface area contributed by atoms with Crippen molar-refractivity contribution in [3.8, 4) is 0 Å². The van der Waals surface area contributed by atoms with E-state index in [0.717, 1.165) is 32.5 Å². The highest BCUT2D eigenvalue weighted by molar-refractivity contribution is 5.80. The number of likely N-dealkylation sites (N-methyl/N-ethyl adjacent to an activating group) is 1. The van der Waals surface area contributed by atoms with Gasteiger partial charge in [-0.2, -0.15) is 5.10 Å². The molecule has 1 spiro atoms. The number of hydrogen-bond donors (Lipinski definition) is 0. The number of likely N-dealkylation sites (tertiary alicyclic amines) is 1. The van der Waals surface area contributed by atoms with E-state index in [1.165, 1.54) is 12.0 Å². The van der Waals surface area contributed by atoms with Crippen LogP contribution in [0.3, 0.4) is 0 Å². The van der Waals surface area contributed by atoms with Crippen LogP contribution >= 0.6 is 0 Å². The van der Waals surface area contributed by atoms with Crippen LogP contribution in [0.1, 0.15) is 24.8 Å². The first-order chi connectivity index (χ1) is 10.5. The van der Waals surface area contributed by atoms with Crippen LogP contribution in [0.25, 0.3) is 0 Å². The van der Waals surface area contributed by atoms with E-state index in [0.29, 0.717) is 6.61 Å². The Kier molecular flexibility index (Phi) is 4.23. The Morgan fingerprint density at radius 3 is 3.05 bits per heavy atom. The van der Waals surface area contributed by atoms with Crippen molar-refractivity contribution in [2.45, 2.75) is 31.9 Å². The van der Waals surface area contributed by atoms with Gasteiger partial charge in [-0.25, -0.2) is 0 Å². The van der Waals surface area contributed by atoms with Crippen molar-refractivity contribution in [3.63, 3.8) is 0 Å². The maximum Gasteiger partial charge on any atom is 0.251 e. The van der Waals surface area contributed by atoms with Gasteiger partial charge in [-0.3, -0.25) is 14.4 Å². The molecule has 122 valence electrons. The molecular formula is C16H26N4O2. The minimum Gasteiger partial charge on any atom is -0.368 e. The number of ether oxygens (including phenoxy) is 1. The second-order valence-electron chi connectivity index (χ2n) is 7.07. The number of piperidine rings is 1. The molecule has 0 saturated carbocycles. The van der Waals surface area contributed by atoms with Crippen molar-refractivity contribution in [2.75, 3.05) is 33.8 Å². The number of hydrogen-bond acceptors (Lipinski definition) is 4. The SMILES string of the molecule is CN(C)C(=O)[C@@H]1C[C@@]2(CCCN(Cc3cnn(C)c3)C2)CO1. The van der Waals surface area contributed by atoms with Crippen molar-refractivity contribution in [2.24, 2.45) is 12.5 Å². The molecule has 2 aliphatic heterocycles. The molecule has 2 saturated heterocycles. The molecule has 0 unspecified atom stereocenters. The molecular weight excluding hydrogens is 280 g/mol. The van der Waals surface area contributed by atoms with Crippen LogP contribution in [-0.4, -0.2) is 65.4 Å². The lowest BCUT2D eigenvalue weighted by molar-refractivity contribution is -0.138. The molecule has 6 nitrogen and oxygen atoms in total. The third-order valence-electron chi connectivity index (χ3n) is 4.83. The molecule has 3 heterocycles. The van der Waals surface area contributed by atoms with Crippen molar-refractivity contribution < 1.29 is 9.53 Å². The minimum absolute atomic E-state index is 0.0984. The number of rotatable bonds is 3. The van der Waals surface area contributed by atoms with E-state index in [2.05, 4.69) is 16.2 Å². The topological polar surface area (TPSA) is 50.6 Å². The third kappa shape index (κ3) is 3.17. The monoisotopic (exact) mass is 306 g/mol. The van der Waals surface area contributed by atoms with Gasteiger partial charge in [0.1, 0.15) is 6.10 Å². The summed E-state index contributed by atoms with van der Waals surface area (Å²) >= 11 is 0. The summed E-state index contributed by atoms with van der Waals surface area (Å²) in [6, 6.07) is 0. The van der Waals surface area contributed by atoms with Gasteiger partial charge in [0.15, 0.2) is 0 Å². The van der Waals surface area contributed by atoms with Crippen LogP contribution in [0.2, 0.25) is 0 Å². The predicted molar refractivity (Wildman–Crippen MR) is 83.2 cm³/mol. The number of aromatic nitrogens is 2. The molecule has 1 aromatic heterocycles. The Balaban J connectivity index is 1.62. The summed E-state index contributed by atoms with van der Waals surface area (Å²) < 4.78 is 7.68. The largest absolute Gasteiger partial charge is 0.368 e. The van der Waals surface area contributed by atoms with Crippen LogP contribution in [0.5, 0.6) is 0 Å². The van der Waals surface area contributed by atoms with Crippen LogP contribution in [-0.2, 0) is 23.1 Å². The maximum absolute atomic E-state index is 12.1. The van der Waals surface area contributed by atoms with Crippen molar-refractivity contribution in [3.05, 3.63) is 18.0 Å². The molecule has 0 radical (unpaired) electrons. The molecule has 2 atom stereocenters. The Bertz CT molecular complexity index is 542. The zero-order valence-electron chi connectivity index (χ0n) is 13.8. The lowest BCUT2D eigenvalue weighted by Crippen LogP contribution is -2.43. The van der Waals surface area contributed by atoms with Gasteiger partial charge < -0.3 is 9.64 Å². The standard InChI is InChI=1S/C16H26N4O2/c1-18(2)15(21)14-7-16(12-22-14)5-4-6-20(11-16)10-13-8-17-19(3)9-13/h8-9,14H,4-7,10-12H2,1-3H3/t14-,16+/m0/s1. The highest BCUT2D eigenvalue weighted by Gasteiger charge is 2.45. The van der Waals surface area contributed by atoms with E-state index in [9.17, 15) is 4.79 Å². The second-order valence-corrected chi connectivity index (χ2v) is 7.07. The van der Waals surface area contributed by atoms with Gasteiger partial charge in [0.25, 0.3) is 5.91 Å². The molecule has 6 heteroatoms. The van der Waals surface area contributed by atoms with Crippen molar-refractivity contribution in [1.82, 2.24) is 19.6 Å². The minimum atomic E-state index is -0.256. The zero-order valence-corrected chi connectivity index (χ0v) is 13.8. The third-order valence-corrected chi connectivity index (χ3v) is 4.83. The average Bonchev–Trinajstić information content (AvgIpc) is 3.05. The highest BCUT2D eigenvalue weighted by atomic mass is 16.5. The molecule has 2 aliphatic rings. The summed E-state index contributed by atoms with van der Waals surface area (Å²) in [5, 5.41) is 4.24. The number of aryl methyl sites for hydroxylation is 1. The van der Waals surface area contributed by atoms with Crippen molar-refractivity contribution in [1.29, 1.82) is 0 Å². The first-order valence-corrected chi connectivity index (χ1v) is 8.00. The summed E-state index contributed by atoms with van der Waals surface area (Å²) in [6.07, 6.45) is 6.94. The first kappa shape index (κ1) is 15.5. The Hall–Kier alpha value is -1.40. The van der Waals surface area contributed by atoms with Crippen LogP contribution in [0.4, 0.5) is 0 Å². The predicted octanol–water partition coefficient (Wildman–Crippen LogP) is 0.879. The molecule has 1 amide bonds. The summed E-state index contributed by atoms with van der Waals surface area (Å²) in [6.45, 7) is 3.77. The Labute approximate surface area is 132 Å². The van der Waals surface area contributed by atoms with E-state index in [-0.39, 0.29) is 17.4 Å². The fraction of sp³-hybridized carbons (Fsp3) is 0.750. The van der Waals surface area contributed by atoms with E-state index in [1.54, 1.807) is 19.0 Å². The molecule has 0 bridgehead atoms. The van der Waals surface area contributed by atoms with E-state index < -0.39 is 0 Å². The molecule has 3 rings (SSSR count). The van der Waals surface area contributed by atoms with Crippen LogP contribution in [0.15, 0.2) is 12.4 Å². The van der Waals surface area contributed by atoms with Gasteiger partial charge in [0.05, 0.1) is 12.8 Å². The second kappa shape index (κ2) is 6.01. The lowest BCUT2D eigenvalue weighted by Gasteiger charge is -2.39. The van der Waals surface area contributed by atoms with Crippen LogP contribution < -0.4 is 0 Å². The summed E-state index contributed by atoms with van der Waals surface area (Å²) in [5.41, 5.74) is 1.40. The van der Waals surface area contributed by atoms with Gasteiger partial charge in [-0.1, -0.05) is 0 Å². The van der Waals surface area contributed by atoms with Crippen molar-refractivity contribution >= 4 is 5.91 Å². The quantitative estimate of drug-likeness (QED) is 0.832. The van der Waals surface area contributed by atoms with Crippen LogP contribution in [0, 0.1) is 5.41 Å². The fourth-order valence-corrected chi connectivity index (χ4v) is 3.78. The molecule has 0 N–H and O–H groups in total. The molecule has 0 aromatic carbocycles. The lowest BCUT2D eigenvalue weighted by atomic mass is 9.78. The van der Waals surface area contributed by atoms with Gasteiger partial charge in [0.2, 0.25) is 0 Å². The average molecular weight is 306 g/mol. The molecule has 2 fully saturated rings. The number of carbonyl (C=O) groups excluding carboxylic acids is 1. The van der Waals surface area contributed by atoms with Gasteiger partial charge in [-0.15, -0.1) is 0 Å².